The molecule has 0 aliphatic heterocycles. The molecule has 1 amide bonds. The number of amides is 1. The third-order valence-corrected chi connectivity index (χ3v) is 5.68. The van der Waals surface area contributed by atoms with Gasteiger partial charge in [0.2, 0.25) is 5.95 Å². The number of hydrogen-bond donors (Lipinski definition) is 3. The smallest absolute Gasteiger partial charge is 0.251 e. The molecule has 0 atom stereocenters. The van der Waals surface area contributed by atoms with Gasteiger partial charge >= 0.3 is 0 Å². The van der Waals surface area contributed by atoms with Crippen LogP contribution in [-0.4, -0.2) is 41.2 Å². The second-order valence-corrected chi connectivity index (χ2v) is 8.36. The zero-order valence-corrected chi connectivity index (χ0v) is 20.5. The molecular formula is C28H26N6O3. The first-order chi connectivity index (χ1) is 18.1. The largest absolute Gasteiger partial charge is 0.497 e. The number of rotatable bonds is 9. The summed E-state index contributed by atoms with van der Waals surface area (Å²) in [6.07, 6.45) is 0. The number of anilines is 3. The summed E-state index contributed by atoms with van der Waals surface area (Å²) in [5.74, 6) is 2.38. The molecule has 3 N–H and O–H groups in total. The fourth-order valence-corrected chi connectivity index (χ4v) is 3.87. The molecule has 186 valence electrons. The Morgan fingerprint density at radius 2 is 1.76 bits per heavy atom. The second-order valence-electron chi connectivity index (χ2n) is 8.36. The predicted molar refractivity (Wildman–Crippen MR) is 143 cm³/mol. The van der Waals surface area contributed by atoms with E-state index in [1.807, 2.05) is 67.6 Å². The van der Waals surface area contributed by atoms with E-state index in [1.165, 1.54) is 0 Å². The fourth-order valence-electron chi connectivity index (χ4n) is 3.87. The number of aryl methyl sites for hydroxylation is 1. The van der Waals surface area contributed by atoms with E-state index in [-0.39, 0.29) is 5.91 Å². The van der Waals surface area contributed by atoms with Crippen LogP contribution in [0.15, 0.2) is 83.4 Å². The van der Waals surface area contributed by atoms with Gasteiger partial charge in [0, 0.05) is 41.7 Å². The van der Waals surface area contributed by atoms with E-state index in [1.54, 1.807) is 25.3 Å². The van der Waals surface area contributed by atoms with Crippen LogP contribution in [0.4, 0.5) is 17.5 Å². The fraction of sp³-hybridized carbons (Fsp3) is 0.143. The molecule has 37 heavy (non-hydrogen) atoms. The number of benzene rings is 3. The molecule has 0 aliphatic rings. The average molecular weight is 495 g/mol. The van der Waals surface area contributed by atoms with Crippen molar-refractivity contribution in [2.45, 2.75) is 6.92 Å². The Kier molecular flexibility index (Phi) is 6.93. The lowest BCUT2D eigenvalue weighted by Gasteiger charge is -2.11. The van der Waals surface area contributed by atoms with Gasteiger partial charge in [-0.1, -0.05) is 35.5 Å². The summed E-state index contributed by atoms with van der Waals surface area (Å²) in [5.41, 5.74) is 3.84. The van der Waals surface area contributed by atoms with E-state index >= 15 is 0 Å². The number of carbonyl (C=O) groups excluding carboxylic acids is 1. The zero-order chi connectivity index (χ0) is 25.6. The van der Waals surface area contributed by atoms with Crippen molar-refractivity contribution in [3.63, 3.8) is 0 Å². The van der Waals surface area contributed by atoms with Crippen LogP contribution in [-0.2, 0) is 0 Å². The van der Waals surface area contributed by atoms with Crippen LogP contribution in [0.1, 0.15) is 16.1 Å². The number of hydrogen-bond acceptors (Lipinski definition) is 8. The molecule has 9 nitrogen and oxygen atoms in total. The second kappa shape index (κ2) is 10.8. The van der Waals surface area contributed by atoms with Gasteiger partial charge in [-0.05, 0) is 49.4 Å². The van der Waals surface area contributed by atoms with Gasteiger partial charge in [-0.15, -0.1) is 0 Å². The van der Waals surface area contributed by atoms with E-state index in [0.29, 0.717) is 41.7 Å². The summed E-state index contributed by atoms with van der Waals surface area (Å²) in [6, 6.07) is 24.5. The van der Waals surface area contributed by atoms with Crippen molar-refractivity contribution in [3.05, 3.63) is 90.1 Å². The zero-order valence-electron chi connectivity index (χ0n) is 20.5. The minimum atomic E-state index is -0.184. The summed E-state index contributed by atoms with van der Waals surface area (Å²) in [5, 5.41) is 14.3. The van der Waals surface area contributed by atoms with Crippen molar-refractivity contribution in [2.75, 3.05) is 30.8 Å². The quantitative estimate of drug-likeness (QED) is 0.240. The van der Waals surface area contributed by atoms with Crippen LogP contribution in [0.2, 0.25) is 0 Å². The number of aromatic nitrogens is 3. The third kappa shape index (κ3) is 5.67. The normalized spacial score (nSPS) is 10.8. The van der Waals surface area contributed by atoms with Crippen molar-refractivity contribution in [2.24, 2.45) is 0 Å². The molecule has 0 fully saturated rings. The third-order valence-electron chi connectivity index (χ3n) is 5.68. The highest BCUT2D eigenvalue weighted by Crippen LogP contribution is 2.29. The Bertz CT molecular complexity index is 1520. The Labute approximate surface area is 213 Å². The van der Waals surface area contributed by atoms with Crippen molar-refractivity contribution in [1.29, 1.82) is 0 Å². The van der Waals surface area contributed by atoms with Gasteiger partial charge < -0.3 is 25.2 Å². The van der Waals surface area contributed by atoms with Gasteiger partial charge in [-0.3, -0.25) is 4.79 Å². The summed E-state index contributed by atoms with van der Waals surface area (Å²) in [6.45, 7) is 2.75. The molecule has 0 saturated heterocycles. The number of nitrogens with zero attached hydrogens (tertiary/aromatic N) is 3. The first-order valence-corrected chi connectivity index (χ1v) is 11.8. The Morgan fingerprint density at radius 3 is 2.54 bits per heavy atom. The highest BCUT2D eigenvalue weighted by Gasteiger charge is 2.14. The van der Waals surface area contributed by atoms with Crippen molar-refractivity contribution >= 4 is 34.3 Å². The van der Waals surface area contributed by atoms with E-state index in [4.69, 9.17) is 9.26 Å². The summed E-state index contributed by atoms with van der Waals surface area (Å²) >= 11 is 0. The van der Waals surface area contributed by atoms with Gasteiger partial charge in [0.1, 0.15) is 17.1 Å². The Balaban J connectivity index is 1.18. The number of ether oxygens (including phenoxy) is 1. The molecule has 9 heteroatoms. The minimum Gasteiger partial charge on any atom is -0.497 e. The van der Waals surface area contributed by atoms with Gasteiger partial charge in [-0.2, -0.15) is 4.98 Å². The molecule has 0 radical (unpaired) electrons. The van der Waals surface area contributed by atoms with Crippen LogP contribution in [0.3, 0.4) is 0 Å². The lowest BCUT2D eigenvalue weighted by atomic mass is 10.1. The summed E-state index contributed by atoms with van der Waals surface area (Å²) in [4.78, 5) is 21.7. The molecule has 0 aliphatic carbocycles. The molecule has 0 unspecified atom stereocenters. The van der Waals surface area contributed by atoms with Crippen molar-refractivity contribution in [3.8, 4) is 17.1 Å². The molecule has 2 heterocycles. The van der Waals surface area contributed by atoms with Crippen LogP contribution < -0.4 is 20.7 Å². The number of carbonyl (C=O) groups is 1. The summed E-state index contributed by atoms with van der Waals surface area (Å²) in [7, 11) is 1.63. The van der Waals surface area contributed by atoms with Gasteiger partial charge in [0.25, 0.3) is 5.91 Å². The maximum atomic E-state index is 12.8. The highest BCUT2D eigenvalue weighted by atomic mass is 16.5. The maximum Gasteiger partial charge on any atom is 0.251 e. The first kappa shape index (κ1) is 23.8. The van der Waals surface area contributed by atoms with Crippen LogP contribution in [0, 0.1) is 6.92 Å². The number of methoxy groups -OCH3 is 1. The SMILES string of the molecule is COc1ccc(Nc2cc(C)nc(NCCNC(=O)c3ccc4noc(-c5ccccc5)c4c3)n2)cc1. The molecule has 3 aromatic carbocycles. The van der Waals surface area contributed by atoms with Crippen molar-refractivity contribution in [1.82, 2.24) is 20.4 Å². The lowest BCUT2D eigenvalue weighted by Crippen LogP contribution is -2.29. The number of fused-ring (bicyclic) bond motifs is 1. The molecule has 0 saturated carbocycles. The molecule has 0 spiro atoms. The molecule has 2 aromatic heterocycles. The van der Waals surface area contributed by atoms with Gasteiger partial charge in [0.15, 0.2) is 5.76 Å². The minimum absolute atomic E-state index is 0.184. The van der Waals surface area contributed by atoms with E-state index < -0.39 is 0 Å². The predicted octanol–water partition coefficient (Wildman–Crippen LogP) is 5.19. The van der Waals surface area contributed by atoms with Crippen molar-refractivity contribution < 1.29 is 14.1 Å². The van der Waals surface area contributed by atoms with Crippen LogP contribution in [0.5, 0.6) is 5.75 Å². The average Bonchev–Trinajstić information content (AvgIpc) is 3.35. The Hall–Kier alpha value is -4.92. The van der Waals surface area contributed by atoms with E-state index in [2.05, 4.69) is 31.1 Å². The first-order valence-electron chi connectivity index (χ1n) is 11.8. The number of nitrogens with one attached hydrogen (secondary N) is 3. The van der Waals surface area contributed by atoms with Gasteiger partial charge in [0.05, 0.1) is 12.5 Å². The monoisotopic (exact) mass is 494 g/mol. The van der Waals surface area contributed by atoms with Crippen LogP contribution in [0.25, 0.3) is 22.2 Å². The van der Waals surface area contributed by atoms with Crippen LogP contribution >= 0.6 is 0 Å². The van der Waals surface area contributed by atoms with Gasteiger partial charge in [-0.25, -0.2) is 4.98 Å². The Morgan fingerprint density at radius 1 is 0.946 bits per heavy atom. The molecular weight excluding hydrogens is 468 g/mol. The topological polar surface area (TPSA) is 114 Å². The highest BCUT2D eigenvalue weighted by molar-refractivity contribution is 6.01. The molecule has 5 rings (SSSR count). The molecule has 5 aromatic rings. The standard InChI is InChI=1S/C28H26N6O3/c1-18-16-25(32-21-9-11-22(36-2)12-10-21)33-28(31-18)30-15-14-29-27(35)20-8-13-24-23(17-20)26(37-34-24)19-6-4-3-5-7-19/h3-13,16-17H,14-15H2,1-2H3,(H,29,35)(H2,30,31,32,33). The summed E-state index contributed by atoms with van der Waals surface area (Å²) < 4.78 is 10.7. The molecule has 0 bridgehead atoms. The lowest BCUT2D eigenvalue weighted by molar-refractivity contribution is 0.0955. The van der Waals surface area contributed by atoms with E-state index in [9.17, 15) is 4.79 Å². The maximum absolute atomic E-state index is 12.8. The van der Waals surface area contributed by atoms with E-state index in [0.717, 1.165) is 28.1 Å².